The molecule has 188 valence electrons. The van der Waals surface area contributed by atoms with Crippen LogP contribution in [0.4, 0.5) is 5.13 Å². The minimum atomic E-state index is -3.57. The van der Waals surface area contributed by atoms with E-state index < -0.39 is 10.0 Å². The summed E-state index contributed by atoms with van der Waals surface area (Å²) in [6.45, 7) is 4.57. The zero-order chi connectivity index (χ0) is 25.0. The van der Waals surface area contributed by atoms with Crippen LogP contribution in [0.3, 0.4) is 0 Å². The van der Waals surface area contributed by atoms with Gasteiger partial charge in [0.05, 0.1) is 35.4 Å². The Balaban J connectivity index is 1.59. The van der Waals surface area contributed by atoms with Crippen molar-refractivity contribution in [3.8, 4) is 5.75 Å². The quantitative estimate of drug-likeness (QED) is 0.430. The highest BCUT2D eigenvalue weighted by Gasteiger charge is 2.23. The molecular formula is C24H30N4O5S2. The molecule has 3 aromatic rings. The number of sulfonamides is 1. The van der Waals surface area contributed by atoms with Gasteiger partial charge in [0.25, 0.3) is 5.91 Å². The van der Waals surface area contributed by atoms with Crippen molar-refractivity contribution in [2.75, 3.05) is 65.5 Å². The Labute approximate surface area is 209 Å². The number of ether oxygens (including phenoxy) is 2. The number of nitrogens with zero attached hydrogens (tertiary/aromatic N) is 4. The molecule has 9 nitrogen and oxygen atoms in total. The average Bonchev–Trinajstić information content (AvgIpc) is 3.29. The predicted octanol–water partition coefficient (Wildman–Crippen LogP) is 2.92. The van der Waals surface area contributed by atoms with Crippen molar-refractivity contribution >= 4 is 42.6 Å². The third-order valence-electron chi connectivity index (χ3n) is 5.90. The Hall–Kier alpha value is -2.57. The van der Waals surface area contributed by atoms with E-state index in [1.807, 2.05) is 18.2 Å². The Morgan fingerprint density at radius 3 is 2.51 bits per heavy atom. The van der Waals surface area contributed by atoms with Crippen LogP contribution in [0.5, 0.6) is 5.75 Å². The van der Waals surface area contributed by atoms with E-state index in [1.165, 1.54) is 37.6 Å². The van der Waals surface area contributed by atoms with E-state index in [9.17, 15) is 13.2 Å². The van der Waals surface area contributed by atoms with Crippen LogP contribution >= 0.6 is 11.3 Å². The molecular weight excluding hydrogens is 488 g/mol. The van der Waals surface area contributed by atoms with Crippen molar-refractivity contribution in [1.82, 2.24) is 14.2 Å². The number of thiazole rings is 1. The summed E-state index contributed by atoms with van der Waals surface area (Å²) in [5.41, 5.74) is 1.20. The molecule has 0 unspecified atom stereocenters. The van der Waals surface area contributed by atoms with E-state index in [-0.39, 0.29) is 10.8 Å². The Morgan fingerprint density at radius 1 is 1.14 bits per heavy atom. The molecule has 1 aliphatic rings. The normalized spacial score (nSPS) is 15.0. The van der Waals surface area contributed by atoms with Crippen LogP contribution < -0.4 is 9.64 Å². The molecule has 0 saturated carbocycles. The summed E-state index contributed by atoms with van der Waals surface area (Å²) in [6, 6.07) is 11.7. The average molecular weight is 519 g/mol. The second kappa shape index (κ2) is 11.0. The van der Waals surface area contributed by atoms with E-state index in [1.54, 1.807) is 24.1 Å². The van der Waals surface area contributed by atoms with Gasteiger partial charge in [-0.25, -0.2) is 17.7 Å². The largest absolute Gasteiger partial charge is 0.497 e. The number of aromatic nitrogens is 1. The molecule has 0 bridgehead atoms. The number of rotatable bonds is 9. The molecule has 0 spiro atoms. The van der Waals surface area contributed by atoms with Crippen LogP contribution in [-0.4, -0.2) is 89.1 Å². The topological polar surface area (TPSA) is 92.3 Å². The minimum Gasteiger partial charge on any atom is -0.497 e. The lowest BCUT2D eigenvalue weighted by atomic mass is 10.2. The fraction of sp³-hybridized carbons (Fsp3) is 0.417. The smallest absolute Gasteiger partial charge is 0.260 e. The van der Waals surface area contributed by atoms with Crippen molar-refractivity contribution in [2.45, 2.75) is 11.3 Å². The van der Waals surface area contributed by atoms with Gasteiger partial charge in [-0.05, 0) is 48.9 Å². The number of benzene rings is 2. The summed E-state index contributed by atoms with van der Waals surface area (Å²) in [4.78, 5) is 22.5. The van der Waals surface area contributed by atoms with E-state index in [2.05, 4.69) is 4.90 Å². The number of fused-ring (bicyclic) bond motifs is 1. The molecule has 1 aromatic heterocycles. The molecule has 1 fully saturated rings. The SMILES string of the molecule is COc1ccc2nc(N(CCCN3CCOCC3)C(=O)c3ccc(S(=O)(=O)N(C)C)cc3)sc2c1. The van der Waals surface area contributed by atoms with Crippen LogP contribution in [0.1, 0.15) is 16.8 Å². The number of carbonyl (C=O) groups excluding carboxylic acids is 1. The Morgan fingerprint density at radius 2 is 1.86 bits per heavy atom. The first kappa shape index (κ1) is 25.5. The van der Waals surface area contributed by atoms with Crippen LogP contribution in [0, 0.1) is 0 Å². The van der Waals surface area contributed by atoms with Gasteiger partial charge in [-0.2, -0.15) is 0 Å². The zero-order valence-electron chi connectivity index (χ0n) is 20.1. The molecule has 0 radical (unpaired) electrons. The fourth-order valence-electron chi connectivity index (χ4n) is 3.83. The van der Waals surface area contributed by atoms with Crippen molar-refractivity contribution in [2.24, 2.45) is 0 Å². The highest BCUT2D eigenvalue weighted by atomic mass is 32.2. The highest BCUT2D eigenvalue weighted by molar-refractivity contribution is 7.89. The first-order chi connectivity index (χ1) is 16.8. The lowest BCUT2D eigenvalue weighted by Crippen LogP contribution is -2.39. The van der Waals surface area contributed by atoms with E-state index in [0.29, 0.717) is 17.2 Å². The molecule has 0 N–H and O–H groups in total. The number of carbonyl (C=O) groups is 1. The Bertz CT molecular complexity index is 1270. The molecule has 0 aliphatic carbocycles. The molecule has 2 aromatic carbocycles. The van der Waals surface area contributed by atoms with Gasteiger partial charge in [0.2, 0.25) is 10.0 Å². The van der Waals surface area contributed by atoms with Gasteiger partial charge in [-0.3, -0.25) is 14.6 Å². The molecule has 4 rings (SSSR count). The number of morpholine rings is 1. The first-order valence-corrected chi connectivity index (χ1v) is 13.6. The lowest BCUT2D eigenvalue weighted by Gasteiger charge is -2.27. The maximum atomic E-state index is 13.6. The number of amides is 1. The Kier molecular flexibility index (Phi) is 8.02. The molecule has 0 atom stereocenters. The van der Waals surface area contributed by atoms with Gasteiger partial charge in [-0.1, -0.05) is 11.3 Å². The van der Waals surface area contributed by atoms with Crippen molar-refractivity contribution in [3.63, 3.8) is 0 Å². The number of hydrogen-bond donors (Lipinski definition) is 0. The van der Waals surface area contributed by atoms with Gasteiger partial charge in [0, 0.05) is 45.8 Å². The highest BCUT2D eigenvalue weighted by Crippen LogP contribution is 2.32. The monoisotopic (exact) mass is 518 g/mol. The standard InChI is InChI=1S/C24H30N4O5S2/c1-26(2)35(30,31)20-8-5-18(6-9-20)23(29)28(12-4-11-27-13-15-33-16-14-27)24-25-21-10-7-19(32-3)17-22(21)34-24/h5-10,17H,4,11-16H2,1-3H3. The van der Waals surface area contributed by atoms with Gasteiger partial charge < -0.3 is 9.47 Å². The van der Waals surface area contributed by atoms with Gasteiger partial charge in [0.1, 0.15) is 5.75 Å². The second-order valence-corrected chi connectivity index (χ2v) is 11.6. The minimum absolute atomic E-state index is 0.144. The van der Waals surface area contributed by atoms with Crippen molar-refractivity contribution in [1.29, 1.82) is 0 Å². The van der Waals surface area contributed by atoms with Crippen LogP contribution in [0.2, 0.25) is 0 Å². The van der Waals surface area contributed by atoms with Crippen molar-refractivity contribution in [3.05, 3.63) is 48.0 Å². The number of hydrogen-bond acceptors (Lipinski definition) is 8. The molecule has 1 amide bonds. The fourth-order valence-corrected chi connectivity index (χ4v) is 5.75. The van der Waals surface area contributed by atoms with Crippen LogP contribution in [-0.2, 0) is 14.8 Å². The third kappa shape index (κ3) is 5.81. The molecule has 2 heterocycles. The van der Waals surface area contributed by atoms with Crippen molar-refractivity contribution < 1.29 is 22.7 Å². The zero-order valence-corrected chi connectivity index (χ0v) is 21.8. The van der Waals surface area contributed by atoms with Gasteiger partial charge in [0.15, 0.2) is 5.13 Å². The number of anilines is 1. The number of methoxy groups -OCH3 is 1. The molecule has 35 heavy (non-hydrogen) atoms. The van der Waals surface area contributed by atoms with Gasteiger partial charge >= 0.3 is 0 Å². The predicted molar refractivity (Wildman–Crippen MR) is 137 cm³/mol. The first-order valence-electron chi connectivity index (χ1n) is 11.4. The maximum absolute atomic E-state index is 13.6. The van der Waals surface area contributed by atoms with E-state index >= 15 is 0 Å². The summed E-state index contributed by atoms with van der Waals surface area (Å²) < 4.78 is 37.6. The van der Waals surface area contributed by atoms with Crippen LogP contribution in [0.15, 0.2) is 47.4 Å². The summed E-state index contributed by atoms with van der Waals surface area (Å²) >= 11 is 1.43. The maximum Gasteiger partial charge on any atom is 0.260 e. The molecule has 11 heteroatoms. The molecule has 1 saturated heterocycles. The third-order valence-corrected chi connectivity index (χ3v) is 8.77. The van der Waals surface area contributed by atoms with E-state index in [0.717, 1.165) is 59.5 Å². The summed E-state index contributed by atoms with van der Waals surface area (Å²) in [7, 11) is 1.00. The summed E-state index contributed by atoms with van der Waals surface area (Å²) in [5.74, 6) is 0.516. The lowest BCUT2D eigenvalue weighted by molar-refractivity contribution is 0.0376. The second-order valence-electron chi connectivity index (χ2n) is 8.41. The van der Waals surface area contributed by atoms with E-state index in [4.69, 9.17) is 14.5 Å². The summed E-state index contributed by atoms with van der Waals surface area (Å²) in [6.07, 6.45) is 0.776. The van der Waals surface area contributed by atoms with Gasteiger partial charge in [-0.15, -0.1) is 0 Å². The summed E-state index contributed by atoms with van der Waals surface area (Å²) in [5, 5.41) is 0.602. The molecule has 1 aliphatic heterocycles. The van der Waals surface area contributed by atoms with Crippen LogP contribution in [0.25, 0.3) is 10.2 Å².